The van der Waals surface area contributed by atoms with Crippen molar-refractivity contribution >= 4 is 12.4 Å². The van der Waals surface area contributed by atoms with Crippen LogP contribution in [-0.4, -0.2) is 59.5 Å². The molecule has 0 amide bonds. The fourth-order valence-electron chi connectivity index (χ4n) is 3.90. The zero-order valence-corrected chi connectivity index (χ0v) is 14.2. The molecular weight excluding hydrogens is 290 g/mol. The van der Waals surface area contributed by atoms with Crippen LogP contribution in [0.25, 0.3) is 0 Å². The summed E-state index contributed by atoms with van der Waals surface area (Å²) >= 11 is 0. The molecule has 0 aromatic heterocycles. The summed E-state index contributed by atoms with van der Waals surface area (Å²) in [6.07, 6.45) is 7.59. The minimum atomic E-state index is -0.754. The average molecular weight is 320 g/mol. The highest BCUT2D eigenvalue weighted by molar-refractivity contribution is 5.85. The Kier molecular flexibility index (Phi) is 7.37. The number of hydrogen-bond acceptors (Lipinski definition) is 4. The Morgan fingerprint density at radius 1 is 1.29 bits per heavy atom. The van der Waals surface area contributed by atoms with Crippen LogP contribution in [-0.2, 0) is 0 Å². The maximum absolute atomic E-state index is 11.8. The Morgan fingerprint density at radius 2 is 2.05 bits per heavy atom. The van der Waals surface area contributed by atoms with E-state index in [-0.39, 0.29) is 17.3 Å². The quantitative estimate of drug-likeness (QED) is 0.444. The number of piperidine rings is 1. The third-order valence-electron chi connectivity index (χ3n) is 4.97. The molecule has 6 heteroatoms. The van der Waals surface area contributed by atoms with E-state index in [1.165, 1.54) is 19.3 Å². The van der Waals surface area contributed by atoms with Crippen LogP contribution in [0.15, 0.2) is 0 Å². The van der Waals surface area contributed by atoms with Gasteiger partial charge in [-0.15, -0.1) is 12.4 Å². The lowest BCUT2D eigenvalue weighted by molar-refractivity contribution is -0.571. The molecule has 0 saturated carbocycles. The Balaban J connectivity index is 0.00000220. The molecular formula is C15H30ClN3O2. The van der Waals surface area contributed by atoms with Crippen molar-refractivity contribution < 1.29 is 4.92 Å². The summed E-state index contributed by atoms with van der Waals surface area (Å²) in [7, 11) is 2.05. The van der Waals surface area contributed by atoms with Gasteiger partial charge in [0.05, 0.1) is 13.1 Å². The first-order chi connectivity index (χ1) is 9.57. The summed E-state index contributed by atoms with van der Waals surface area (Å²) in [5, 5.41) is 11.8. The van der Waals surface area contributed by atoms with Crippen molar-refractivity contribution in [3.8, 4) is 0 Å². The summed E-state index contributed by atoms with van der Waals surface area (Å²) < 4.78 is 0. The molecule has 0 N–H and O–H groups in total. The lowest BCUT2D eigenvalue weighted by atomic mass is 9.91. The monoisotopic (exact) mass is 319 g/mol. The smallest absolute Gasteiger partial charge is 0.247 e. The van der Waals surface area contributed by atoms with Gasteiger partial charge in [-0.1, -0.05) is 26.2 Å². The van der Waals surface area contributed by atoms with Gasteiger partial charge in [0.25, 0.3) is 0 Å². The predicted octanol–water partition coefficient (Wildman–Crippen LogP) is 2.80. The van der Waals surface area contributed by atoms with E-state index in [1.807, 2.05) is 0 Å². The SMILES string of the molecule is CCCCCC1([N+](=O)[O-])CN(C)CC2CCCCN2C1.Cl. The molecule has 2 aliphatic heterocycles. The van der Waals surface area contributed by atoms with E-state index in [1.54, 1.807) is 0 Å². The van der Waals surface area contributed by atoms with Crippen LogP contribution >= 0.6 is 12.4 Å². The van der Waals surface area contributed by atoms with Gasteiger partial charge in [0, 0.05) is 23.9 Å². The second-order valence-electron chi connectivity index (χ2n) is 6.76. The molecule has 2 saturated heterocycles. The first-order valence-corrected chi connectivity index (χ1v) is 8.14. The Morgan fingerprint density at radius 3 is 2.71 bits per heavy atom. The number of nitrogens with zero attached hydrogens (tertiary/aromatic N) is 3. The summed E-state index contributed by atoms with van der Waals surface area (Å²) in [6.45, 7) is 5.44. The van der Waals surface area contributed by atoms with Gasteiger partial charge in [0.1, 0.15) is 0 Å². The van der Waals surface area contributed by atoms with Crippen molar-refractivity contribution in [3.63, 3.8) is 0 Å². The van der Waals surface area contributed by atoms with E-state index in [4.69, 9.17) is 0 Å². The number of fused-ring (bicyclic) bond motifs is 1. The molecule has 124 valence electrons. The van der Waals surface area contributed by atoms with Crippen LogP contribution in [0, 0.1) is 10.1 Å². The van der Waals surface area contributed by atoms with Crippen molar-refractivity contribution in [1.29, 1.82) is 0 Å². The van der Waals surface area contributed by atoms with Gasteiger partial charge in [-0.3, -0.25) is 19.9 Å². The van der Waals surface area contributed by atoms with Gasteiger partial charge in [-0.05, 0) is 32.9 Å². The van der Waals surface area contributed by atoms with E-state index >= 15 is 0 Å². The lowest BCUT2D eigenvalue weighted by Crippen LogP contribution is -2.53. The highest BCUT2D eigenvalue weighted by Crippen LogP contribution is 2.29. The normalized spacial score (nSPS) is 31.0. The molecule has 2 aliphatic rings. The van der Waals surface area contributed by atoms with E-state index in [0.29, 0.717) is 19.1 Å². The molecule has 2 heterocycles. The molecule has 21 heavy (non-hydrogen) atoms. The molecule has 0 spiro atoms. The molecule has 2 unspecified atom stereocenters. The predicted molar refractivity (Wildman–Crippen MR) is 87.8 cm³/mol. The third-order valence-corrected chi connectivity index (χ3v) is 4.97. The first kappa shape index (κ1) is 18.7. The molecule has 2 rings (SSSR count). The maximum Gasteiger partial charge on any atom is 0.247 e. The highest BCUT2D eigenvalue weighted by atomic mass is 35.5. The average Bonchev–Trinajstić information content (AvgIpc) is 2.55. The number of likely N-dealkylation sites (N-methyl/N-ethyl adjacent to an activating group) is 1. The molecule has 2 fully saturated rings. The van der Waals surface area contributed by atoms with Gasteiger partial charge < -0.3 is 0 Å². The van der Waals surface area contributed by atoms with Crippen LogP contribution in [0.5, 0.6) is 0 Å². The van der Waals surface area contributed by atoms with Crippen LogP contribution in [0.1, 0.15) is 51.9 Å². The third kappa shape index (κ3) is 4.54. The van der Waals surface area contributed by atoms with Gasteiger partial charge >= 0.3 is 0 Å². The minimum Gasteiger partial charge on any atom is -0.298 e. The van der Waals surface area contributed by atoms with Crippen molar-refractivity contribution in [1.82, 2.24) is 9.80 Å². The van der Waals surface area contributed by atoms with Crippen LogP contribution < -0.4 is 0 Å². The molecule has 0 radical (unpaired) electrons. The number of rotatable bonds is 5. The van der Waals surface area contributed by atoms with Crippen LogP contribution in [0.4, 0.5) is 0 Å². The Bertz CT molecular complexity index is 343. The van der Waals surface area contributed by atoms with Crippen molar-refractivity contribution in [2.24, 2.45) is 0 Å². The number of hydrogen-bond donors (Lipinski definition) is 0. The van der Waals surface area contributed by atoms with Gasteiger partial charge in [0.15, 0.2) is 0 Å². The maximum atomic E-state index is 11.8. The standard InChI is InChI=1S/C15H29N3O2.ClH/c1-3-4-6-9-15(18(19)20)12-16(2)11-14-8-5-7-10-17(14)13-15;/h14H,3-13H2,1-2H3;1H. The van der Waals surface area contributed by atoms with Crippen LogP contribution in [0.2, 0.25) is 0 Å². The zero-order chi connectivity index (χ0) is 14.6. The number of unbranched alkanes of at least 4 members (excludes halogenated alkanes) is 2. The van der Waals surface area contributed by atoms with Gasteiger partial charge in [-0.2, -0.15) is 0 Å². The zero-order valence-electron chi connectivity index (χ0n) is 13.4. The number of halogens is 1. The second-order valence-corrected chi connectivity index (χ2v) is 6.76. The summed E-state index contributed by atoms with van der Waals surface area (Å²) in [5.41, 5.74) is -0.754. The fraction of sp³-hybridized carbons (Fsp3) is 1.00. The topological polar surface area (TPSA) is 49.6 Å². The van der Waals surface area contributed by atoms with Gasteiger partial charge in [-0.25, -0.2) is 0 Å². The molecule has 0 aromatic rings. The molecule has 0 aromatic carbocycles. The van der Waals surface area contributed by atoms with E-state index < -0.39 is 5.54 Å². The van der Waals surface area contributed by atoms with Gasteiger partial charge in [0.2, 0.25) is 5.54 Å². The van der Waals surface area contributed by atoms with E-state index in [0.717, 1.165) is 38.8 Å². The van der Waals surface area contributed by atoms with Crippen molar-refractivity contribution in [3.05, 3.63) is 10.1 Å². The van der Waals surface area contributed by atoms with E-state index in [2.05, 4.69) is 23.8 Å². The molecule has 0 aliphatic carbocycles. The minimum absolute atomic E-state index is 0. The number of nitro groups is 1. The Labute approximate surface area is 134 Å². The molecule has 5 nitrogen and oxygen atoms in total. The largest absolute Gasteiger partial charge is 0.298 e. The van der Waals surface area contributed by atoms with Crippen molar-refractivity contribution in [2.45, 2.75) is 63.5 Å². The summed E-state index contributed by atoms with van der Waals surface area (Å²) in [4.78, 5) is 16.4. The van der Waals surface area contributed by atoms with Crippen LogP contribution in [0.3, 0.4) is 0 Å². The first-order valence-electron chi connectivity index (χ1n) is 8.14. The van der Waals surface area contributed by atoms with E-state index in [9.17, 15) is 10.1 Å². The lowest BCUT2D eigenvalue weighted by Gasteiger charge is -2.36. The Hall–Kier alpha value is -0.390. The molecule has 0 bridgehead atoms. The highest BCUT2D eigenvalue weighted by Gasteiger charge is 2.48. The van der Waals surface area contributed by atoms with Crippen molar-refractivity contribution in [2.75, 3.05) is 33.2 Å². The molecule has 2 atom stereocenters. The summed E-state index contributed by atoms with van der Waals surface area (Å²) in [6, 6.07) is 0.529. The fourth-order valence-corrected chi connectivity index (χ4v) is 3.90. The summed E-state index contributed by atoms with van der Waals surface area (Å²) in [5.74, 6) is 0. The second kappa shape index (κ2) is 8.30.